The first-order chi connectivity index (χ1) is 9.97. The fraction of sp³-hybridized carbons (Fsp3) is 0.385. The van der Waals surface area contributed by atoms with Crippen LogP contribution in [0.15, 0.2) is 18.2 Å². The number of benzene rings is 1. The van der Waals surface area contributed by atoms with Crippen LogP contribution in [0.1, 0.15) is 5.56 Å². The molecule has 1 aromatic carbocycles. The molecule has 1 aliphatic heterocycles. The molecule has 0 aliphatic carbocycles. The molecule has 0 saturated carbocycles. The smallest absolute Gasteiger partial charge is 0.271 e. The van der Waals surface area contributed by atoms with Crippen molar-refractivity contribution in [2.24, 2.45) is 0 Å². The third-order valence-corrected chi connectivity index (χ3v) is 3.25. The third-order valence-electron chi connectivity index (χ3n) is 3.25. The zero-order valence-corrected chi connectivity index (χ0v) is 11.6. The highest BCUT2D eigenvalue weighted by molar-refractivity contribution is 5.88. The van der Waals surface area contributed by atoms with Crippen molar-refractivity contribution < 1.29 is 14.5 Å². The average Bonchev–Trinajstić information content (AvgIpc) is 2.45. The van der Waals surface area contributed by atoms with Gasteiger partial charge in [-0.15, -0.1) is 0 Å². The van der Waals surface area contributed by atoms with E-state index in [4.69, 9.17) is 0 Å². The van der Waals surface area contributed by atoms with E-state index in [1.807, 2.05) is 0 Å². The molecule has 21 heavy (non-hydrogen) atoms. The Bertz CT molecular complexity index is 588. The summed E-state index contributed by atoms with van der Waals surface area (Å²) in [5.74, 6) is -0.392. The first kappa shape index (κ1) is 14.8. The van der Waals surface area contributed by atoms with Crippen LogP contribution in [0.5, 0.6) is 0 Å². The predicted octanol–water partition coefficient (Wildman–Crippen LogP) is 0.274. The van der Waals surface area contributed by atoms with Crippen LogP contribution in [0, 0.1) is 17.0 Å². The number of nitro groups is 1. The minimum Gasteiger partial charge on any atom is -0.376 e. The number of aryl methyl sites for hydroxylation is 1. The molecule has 0 radical (unpaired) electrons. The van der Waals surface area contributed by atoms with E-state index in [1.54, 1.807) is 13.0 Å². The number of rotatable bonds is 4. The van der Waals surface area contributed by atoms with Crippen molar-refractivity contribution in [1.29, 1.82) is 0 Å². The second-order valence-corrected chi connectivity index (χ2v) is 4.78. The summed E-state index contributed by atoms with van der Waals surface area (Å²) in [6, 6.07) is 4.43. The molecule has 1 aromatic rings. The summed E-state index contributed by atoms with van der Waals surface area (Å²) in [5, 5.41) is 16.3. The van der Waals surface area contributed by atoms with Gasteiger partial charge in [0.1, 0.15) is 0 Å². The number of hydrogen-bond acceptors (Lipinski definition) is 5. The fourth-order valence-corrected chi connectivity index (χ4v) is 2.05. The molecule has 8 nitrogen and oxygen atoms in total. The van der Waals surface area contributed by atoms with Gasteiger partial charge in [0.15, 0.2) is 0 Å². The van der Waals surface area contributed by atoms with Gasteiger partial charge in [-0.05, 0) is 12.5 Å². The largest absolute Gasteiger partial charge is 0.376 e. The van der Waals surface area contributed by atoms with E-state index in [1.165, 1.54) is 17.0 Å². The van der Waals surface area contributed by atoms with Gasteiger partial charge in [0.2, 0.25) is 11.8 Å². The quantitative estimate of drug-likeness (QED) is 0.612. The summed E-state index contributed by atoms with van der Waals surface area (Å²) in [4.78, 5) is 34.9. The zero-order valence-electron chi connectivity index (χ0n) is 11.6. The maximum atomic E-state index is 12.0. The van der Waals surface area contributed by atoms with Gasteiger partial charge in [-0.25, -0.2) is 0 Å². The summed E-state index contributed by atoms with van der Waals surface area (Å²) >= 11 is 0. The molecule has 1 saturated heterocycles. The van der Waals surface area contributed by atoms with E-state index in [0.717, 1.165) is 5.56 Å². The molecule has 112 valence electrons. The lowest BCUT2D eigenvalue weighted by Crippen LogP contribution is -2.51. The van der Waals surface area contributed by atoms with Crippen molar-refractivity contribution in [2.75, 3.05) is 31.5 Å². The molecule has 0 unspecified atom stereocenters. The summed E-state index contributed by atoms with van der Waals surface area (Å²) < 4.78 is 0. The second-order valence-electron chi connectivity index (χ2n) is 4.78. The lowest BCUT2D eigenvalue weighted by molar-refractivity contribution is -0.384. The fourth-order valence-electron chi connectivity index (χ4n) is 2.05. The van der Waals surface area contributed by atoms with Crippen molar-refractivity contribution in [3.63, 3.8) is 0 Å². The Morgan fingerprint density at radius 2 is 2.29 bits per heavy atom. The Hall–Kier alpha value is -2.64. The summed E-state index contributed by atoms with van der Waals surface area (Å²) in [7, 11) is 0. The Balaban J connectivity index is 1.99. The topological polar surface area (TPSA) is 105 Å². The Morgan fingerprint density at radius 3 is 2.95 bits per heavy atom. The van der Waals surface area contributed by atoms with Crippen molar-refractivity contribution >= 4 is 23.2 Å². The molecule has 0 atom stereocenters. The van der Waals surface area contributed by atoms with Gasteiger partial charge >= 0.3 is 0 Å². The Labute approximate surface area is 121 Å². The Kier molecular flexibility index (Phi) is 4.36. The number of amides is 2. The van der Waals surface area contributed by atoms with Crippen molar-refractivity contribution in [2.45, 2.75) is 6.92 Å². The maximum Gasteiger partial charge on any atom is 0.271 e. The molecule has 1 fully saturated rings. The lowest BCUT2D eigenvalue weighted by atomic mass is 10.2. The van der Waals surface area contributed by atoms with Crippen LogP contribution in [0.3, 0.4) is 0 Å². The van der Waals surface area contributed by atoms with Crippen LogP contribution in [0.2, 0.25) is 0 Å². The van der Waals surface area contributed by atoms with Crippen molar-refractivity contribution in [3.8, 4) is 0 Å². The highest BCUT2D eigenvalue weighted by atomic mass is 16.6. The first-order valence-corrected chi connectivity index (χ1v) is 6.51. The van der Waals surface area contributed by atoms with Gasteiger partial charge < -0.3 is 15.5 Å². The Morgan fingerprint density at radius 1 is 1.52 bits per heavy atom. The number of hydrogen-bond donors (Lipinski definition) is 2. The molecule has 0 aromatic heterocycles. The summed E-state index contributed by atoms with van der Waals surface area (Å²) in [5.41, 5.74) is 1.32. The molecule has 2 rings (SSSR count). The van der Waals surface area contributed by atoms with Crippen LogP contribution < -0.4 is 10.6 Å². The normalized spacial score (nSPS) is 14.5. The van der Waals surface area contributed by atoms with E-state index >= 15 is 0 Å². The highest BCUT2D eigenvalue weighted by Gasteiger charge is 2.21. The SMILES string of the molecule is Cc1ccc([N+](=O)[O-])cc1NCC(=O)N1CCNC(=O)C1. The van der Waals surface area contributed by atoms with E-state index in [-0.39, 0.29) is 30.6 Å². The average molecular weight is 292 g/mol. The van der Waals surface area contributed by atoms with Gasteiger partial charge in [0, 0.05) is 30.9 Å². The molecule has 0 spiro atoms. The van der Waals surface area contributed by atoms with Crippen LogP contribution >= 0.6 is 0 Å². The third kappa shape index (κ3) is 3.68. The van der Waals surface area contributed by atoms with Gasteiger partial charge in [0.05, 0.1) is 18.0 Å². The minimum atomic E-state index is -0.485. The van der Waals surface area contributed by atoms with Crippen LogP contribution in [-0.2, 0) is 9.59 Å². The van der Waals surface area contributed by atoms with E-state index in [2.05, 4.69) is 10.6 Å². The van der Waals surface area contributed by atoms with Gasteiger partial charge in [-0.2, -0.15) is 0 Å². The number of piperazine rings is 1. The molecule has 0 bridgehead atoms. The molecule has 8 heteroatoms. The number of nitro benzene ring substituents is 1. The number of non-ortho nitro benzene ring substituents is 1. The van der Waals surface area contributed by atoms with E-state index in [9.17, 15) is 19.7 Å². The van der Waals surface area contributed by atoms with E-state index < -0.39 is 4.92 Å². The molecule has 2 N–H and O–H groups in total. The number of carbonyl (C=O) groups excluding carboxylic acids is 2. The summed E-state index contributed by atoms with van der Waals surface area (Å²) in [6.45, 7) is 2.76. The van der Waals surface area contributed by atoms with Gasteiger partial charge in [-0.3, -0.25) is 19.7 Å². The van der Waals surface area contributed by atoms with Crippen LogP contribution in [0.25, 0.3) is 0 Å². The molecular formula is C13H16N4O4. The summed E-state index contributed by atoms with van der Waals surface area (Å²) in [6.07, 6.45) is 0. The first-order valence-electron chi connectivity index (χ1n) is 6.51. The van der Waals surface area contributed by atoms with Gasteiger partial charge in [0.25, 0.3) is 5.69 Å². The van der Waals surface area contributed by atoms with Crippen LogP contribution in [0.4, 0.5) is 11.4 Å². The standard InChI is InChI=1S/C13H16N4O4/c1-9-2-3-10(17(20)21)6-11(9)15-7-13(19)16-5-4-14-12(18)8-16/h2-3,6,15H,4-5,7-8H2,1H3,(H,14,18). The van der Waals surface area contributed by atoms with Crippen LogP contribution in [-0.4, -0.2) is 47.8 Å². The number of nitrogens with zero attached hydrogens (tertiary/aromatic N) is 2. The molecule has 1 aliphatic rings. The second kappa shape index (κ2) is 6.21. The zero-order chi connectivity index (χ0) is 15.4. The van der Waals surface area contributed by atoms with Crippen molar-refractivity contribution in [1.82, 2.24) is 10.2 Å². The number of anilines is 1. The lowest BCUT2D eigenvalue weighted by Gasteiger charge is -2.26. The highest BCUT2D eigenvalue weighted by Crippen LogP contribution is 2.21. The predicted molar refractivity (Wildman–Crippen MR) is 75.9 cm³/mol. The molecule has 1 heterocycles. The monoisotopic (exact) mass is 292 g/mol. The van der Waals surface area contributed by atoms with Crippen molar-refractivity contribution in [3.05, 3.63) is 33.9 Å². The molecular weight excluding hydrogens is 276 g/mol. The van der Waals surface area contributed by atoms with E-state index in [0.29, 0.717) is 18.8 Å². The number of nitrogens with one attached hydrogen (secondary N) is 2. The minimum absolute atomic E-state index is 0.00467. The maximum absolute atomic E-state index is 12.0. The number of carbonyl (C=O) groups is 2. The van der Waals surface area contributed by atoms with Gasteiger partial charge in [-0.1, -0.05) is 6.07 Å². The molecule has 2 amide bonds.